The fourth-order valence-electron chi connectivity index (χ4n) is 2.19. The molecule has 0 fully saturated rings. The maximum Gasteiger partial charge on any atom is 0.143 e. The van der Waals surface area contributed by atoms with E-state index in [1.807, 2.05) is 18.2 Å². The summed E-state index contributed by atoms with van der Waals surface area (Å²) in [5.74, 6) is 0.959. The van der Waals surface area contributed by atoms with Gasteiger partial charge in [-0.25, -0.2) is 0 Å². The summed E-state index contributed by atoms with van der Waals surface area (Å²) in [6, 6.07) is 5.90. The van der Waals surface area contributed by atoms with Gasteiger partial charge in [-0.1, -0.05) is 6.92 Å². The van der Waals surface area contributed by atoms with Gasteiger partial charge < -0.3 is 20.3 Å². The summed E-state index contributed by atoms with van der Waals surface area (Å²) < 4.78 is 5.96. The molecule has 0 bridgehead atoms. The molecule has 2 N–H and O–H groups in total. The topological polar surface area (TPSA) is 41.7 Å². The molecular weight excluding hydrogens is 226 g/mol. The van der Waals surface area contributed by atoms with Crippen LogP contribution in [-0.2, 0) is 0 Å². The van der Waals surface area contributed by atoms with Gasteiger partial charge in [0.2, 0.25) is 0 Å². The zero-order chi connectivity index (χ0) is 13.1. The van der Waals surface area contributed by atoms with Crippen LogP contribution in [0.15, 0.2) is 18.2 Å². The molecule has 18 heavy (non-hydrogen) atoms. The summed E-state index contributed by atoms with van der Waals surface area (Å²) in [6.07, 6.45) is 1.31. The van der Waals surface area contributed by atoms with E-state index in [0.717, 1.165) is 43.2 Å². The Morgan fingerprint density at radius 1 is 1.44 bits per heavy atom. The normalized spacial score (nSPS) is 18.7. The van der Waals surface area contributed by atoms with E-state index in [1.165, 1.54) is 0 Å². The SMILES string of the molecule is CCC1CN(CCN(C)C)c2cc(N)ccc2O1. The van der Waals surface area contributed by atoms with Gasteiger partial charge in [0, 0.05) is 18.8 Å². The number of likely N-dealkylation sites (N-methyl/N-ethyl adjacent to an activating group) is 1. The van der Waals surface area contributed by atoms with Gasteiger partial charge in [0.15, 0.2) is 0 Å². The summed E-state index contributed by atoms with van der Waals surface area (Å²) >= 11 is 0. The predicted molar refractivity (Wildman–Crippen MR) is 76.3 cm³/mol. The predicted octanol–water partition coefficient (Wildman–Crippen LogP) is 1.81. The monoisotopic (exact) mass is 249 g/mol. The Morgan fingerprint density at radius 3 is 2.89 bits per heavy atom. The van der Waals surface area contributed by atoms with Crippen molar-refractivity contribution in [3.05, 3.63) is 18.2 Å². The molecule has 2 rings (SSSR count). The van der Waals surface area contributed by atoms with Crippen LogP contribution in [0.2, 0.25) is 0 Å². The van der Waals surface area contributed by atoms with E-state index in [1.54, 1.807) is 0 Å². The molecule has 100 valence electrons. The average Bonchev–Trinajstić information content (AvgIpc) is 2.35. The molecular formula is C14H23N3O. The number of nitrogens with zero attached hydrogens (tertiary/aromatic N) is 2. The third-order valence-corrected chi connectivity index (χ3v) is 3.31. The lowest BCUT2D eigenvalue weighted by Crippen LogP contribution is -2.42. The first-order chi connectivity index (χ1) is 8.60. The molecule has 4 nitrogen and oxygen atoms in total. The summed E-state index contributed by atoms with van der Waals surface area (Å²) in [5, 5.41) is 0. The van der Waals surface area contributed by atoms with Crippen molar-refractivity contribution in [3.63, 3.8) is 0 Å². The smallest absolute Gasteiger partial charge is 0.143 e. The summed E-state index contributed by atoms with van der Waals surface area (Å²) in [5.41, 5.74) is 7.79. The zero-order valence-corrected chi connectivity index (χ0v) is 11.5. The van der Waals surface area contributed by atoms with Crippen LogP contribution in [-0.4, -0.2) is 44.7 Å². The lowest BCUT2D eigenvalue weighted by atomic mass is 10.1. The number of anilines is 2. The number of hydrogen-bond acceptors (Lipinski definition) is 4. The summed E-state index contributed by atoms with van der Waals surface area (Å²) in [6.45, 7) is 5.14. The molecule has 1 aliphatic rings. The second-order valence-electron chi connectivity index (χ2n) is 5.12. The first-order valence-corrected chi connectivity index (χ1v) is 6.56. The Bertz CT molecular complexity index is 406. The molecule has 0 saturated heterocycles. The van der Waals surface area contributed by atoms with Crippen LogP contribution < -0.4 is 15.4 Å². The van der Waals surface area contributed by atoms with E-state index < -0.39 is 0 Å². The number of hydrogen-bond donors (Lipinski definition) is 1. The maximum absolute atomic E-state index is 5.96. The largest absolute Gasteiger partial charge is 0.486 e. The first kappa shape index (κ1) is 13.0. The fraction of sp³-hybridized carbons (Fsp3) is 0.571. The van der Waals surface area contributed by atoms with E-state index in [2.05, 4.69) is 30.8 Å². The van der Waals surface area contributed by atoms with Gasteiger partial charge in [-0.15, -0.1) is 0 Å². The number of fused-ring (bicyclic) bond motifs is 1. The summed E-state index contributed by atoms with van der Waals surface area (Å²) in [4.78, 5) is 4.58. The van der Waals surface area contributed by atoms with E-state index in [-0.39, 0.29) is 6.10 Å². The second kappa shape index (κ2) is 5.48. The van der Waals surface area contributed by atoms with Crippen LogP contribution in [0.1, 0.15) is 13.3 Å². The molecule has 1 aliphatic heterocycles. The Morgan fingerprint density at radius 2 is 2.22 bits per heavy atom. The van der Waals surface area contributed by atoms with Crippen molar-refractivity contribution >= 4 is 11.4 Å². The molecule has 0 aromatic heterocycles. The van der Waals surface area contributed by atoms with Gasteiger partial charge in [-0.05, 0) is 38.7 Å². The Labute approximate surface area is 109 Å². The van der Waals surface area contributed by atoms with Crippen LogP contribution in [0, 0.1) is 0 Å². The Balaban J connectivity index is 2.20. The zero-order valence-electron chi connectivity index (χ0n) is 11.5. The maximum atomic E-state index is 5.96. The highest BCUT2D eigenvalue weighted by atomic mass is 16.5. The van der Waals surface area contributed by atoms with E-state index in [9.17, 15) is 0 Å². The van der Waals surface area contributed by atoms with Crippen molar-refractivity contribution in [2.24, 2.45) is 0 Å². The number of nitrogens with two attached hydrogens (primary N) is 1. The third kappa shape index (κ3) is 2.88. The number of benzene rings is 1. The average molecular weight is 249 g/mol. The number of nitrogen functional groups attached to an aromatic ring is 1. The van der Waals surface area contributed by atoms with Gasteiger partial charge in [0.25, 0.3) is 0 Å². The highest BCUT2D eigenvalue weighted by Crippen LogP contribution is 2.35. The van der Waals surface area contributed by atoms with Crippen molar-refractivity contribution in [1.82, 2.24) is 4.90 Å². The summed E-state index contributed by atoms with van der Waals surface area (Å²) in [7, 11) is 4.19. The number of ether oxygens (including phenoxy) is 1. The van der Waals surface area contributed by atoms with Crippen LogP contribution in [0.5, 0.6) is 5.75 Å². The molecule has 0 spiro atoms. The molecule has 0 radical (unpaired) electrons. The lowest BCUT2D eigenvalue weighted by Gasteiger charge is -2.36. The van der Waals surface area contributed by atoms with Crippen molar-refractivity contribution in [2.75, 3.05) is 44.4 Å². The lowest BCUT2D eigenvalue weighted by molar-refractivity contribution is 0.188. The van der Waals surface area contributed by atoms with Gasteiger partial charge in [-0.3, -0.25) is 0 Å². The van der Waals surface area contributed by atoms with Crippen molar-refractivity contribution < 1.29 is 4.74 Å². The number of rotatable bonds is 4. The van der Waals surface area contributed by atoms with Crippen molar-refractivity contribution in [2.45, 2.75) is 19.4 Å². The van der Waals surface area contributed by atoms with E-state index >= 15 is 0 Å². The highest BCUT2D eigenvalue weighted by molar-refractivity contribution is 5.66. The molecule has 1 atom stereocenters. The minimum Gasteiger partial charge on any atom is -0.486 e. The molecule has 1 heterocycles. The van der Waals surface area contributed by atoms with Gasteiger partial charge in [-0.2, -0.15) is 0 Å². The van der Waals surface area contributed by atoms with Crippen LogP contribution >= 0.6 is 0 Å². The van der Waals surface area contributed by atoms with Crippen LogP contribution in [0.25, 0.3) is 0 Å². The molecule has 0 amide bonds. The Hall–Kier alpha value is -1.42. The fourth-order valence-corrected chi connectivity index (χ4v) is 2.19. The quantitative estimate of drug-likeness (QED) is 0.826. The van der Waals surface area contributed by atoms with Gasteiger partial charge in [0.1, 0.15) is 11.9 Å². The molecule has 0 aliphatic carbocycles. The first-order valence-electron chi connectivity index (χ1n) is 6.56. The molecule has 1 unspecified atom stereocenters. The van der Waals surface area contributed by atoms with E-state index in [4.69, 9.17) is 10.5 Å². The standard InChI is InChI=1S/C14H23N3O/c1-4-12-10-17(8-7-16(2)3)13-9-11(15)5-6-14(13)18-12/h5-6,9,12H,4,7-8,10,15H2,1-3H3. The van der Waals surface area contributed by atoms with Gasteiger partial charge in [0.05, 0.1) is 12.2 Å². The Kier molecular flexibility index (Phi) is 3.97. The van der Waals surface area contributed by atoms with Crippen LogP contribution in [0.3, 0.4) is 0 Å². The molecule has 0 saturated carbocycles. The highest BCUT2D eigenvalue weighted by Gasteiger charge is 2.24. The van der Waals surface area contributed by atoms with Crippen molar-refractivity contribution in [3.8, 4) is 5.75 Å². The van der Waals surface area contributed by atoms with E-state index in [0.29, 0.717) is 0 Å². The molecule has 4 heteroatoms. The van der Waals surface area contributed by atoms with Crippen molar-refractivity contribution in [1.29, 1.82) is 0 Å². The minimum atomic E-state index is 0.281. The second-order valence-corrected chi connectivity index (χ2v) is 5.12. The molecule has 1 aromatic rings. The third-order valence-electron chi connectivity index (χ3n) is 3.31. The van der Waals surface area contributed by atoms with Crippen LogP contribution in [0.4, 0.5) is 11.4 Å². The van der Waals surface area contributed by atoms with Gasteiger partial charge >= 0.3 is 0 Å². The molecule has 1 aromatic carbocycles. The minimum absolute atomic E-state index is 0.281.